The van der Waals surface area contributed by atoms with Crippen LogP contribution in [0, 0.1) is 0 Å². The van der Waals surface area contributed by atoms with Crippen molar-refractivity contribution in [2.75, 3.05) is 20.1 Å². The maximum absolute atomic E-state index is 11.6. The summed E-state index contributed by atoms with van der Waals surface area (Å²) in [5.41, 5.74) is 5.25. The van der Waals surface area contributed by atoms with E-state index >= 15 is 0 Å². The van der Waals surface area contributed by atoms with Crippen molar-refractivity contribution in [2.24, 2.45) is 5.73 Å². The zero-order valence-electron chi connectivity index (χ0n) is 11.9. The van der Waals surface area contributed by atoms with E-state index in [-0.39, 0.29) is 12.1 Å². The van der Waals surface area contributed by atoms with E-state index in [0.29, 0.717) is 6.54 Å². The molecule has 0 aliphatic heterocycles. The summed E-state index contributed by atoms with van der Waals surface area (Å²) >= 11 is 0. The molecule has 0 aromatic carbocycles. The van der Waals surface area contributed by atoms with Gasteiger partial charge >= 0.3 is 6.09 Å². The molecule has 0 radical (unpaired) electrons. The fourth-order valence-corrected chi connectivity index (χ4v) is 1.59. The number of nitrogens with zero attached hydrogens (tertiary/aromatic N) is 1. The van der Waals surface area contributed by atoms with Crippen molar-refractivity contribution in [1.82, 2.24) is 10.2 Å². The van der Waals surface area contributed by atoms with Crippen molar-refractivity contribution in [1.29, 1.82) is 0 Å². The number of hydrogen-bond donors (Lipinski definition) is 2. The van der Waals surface area contributed by atoms with E-state index in [0.717, 1.165) is 6.54 Å². The van der Waals surface area contributed by atoms with Gasteiger partial charge in [-0.1, -0.05) is 6.92 Å². The number of nitrogens with one attached hydrogen (secondary N) is 1. The lowest BCUT2D eigenvalue weighted by Gasteiger charge is -2.32. The third kappa shape index (κ3) is 6.48. The first-order valence-corrected chi connectivity index (χ1v) is 6.11. The summed E-state index contributed by atoms with van der Waals surface area (Å²) in [5, 5.41) is 2.82. The fraction of sp³-hybridized carbons (Fsp3) is 0.917. The molecule has 0 aromatic rings. The van der Waals surface area contributed by atoms with Gasteiger partial charge in [0.15, 0.2) is 0 Å². The Kier molecular flexibility index (Phi) is 6.49. The lowest BCUT2D eigenvalue weighted by atomic mass is 10.1. The molecule has 0 fully saturated rings. The maximum atomic E-state index is 11.6. The monoisotopic (exact) mass is 245 g/mol. The number of carbonyl (C=O) groups excluding carboxylic acids is 1. The molecule has 0 rings (SSSR count). The Hall–Kier alpha value is -0.810. The third-order valence-electron chi connectivity index (χ3n) is 2.63. The molecule has 0 saturated carbocycles. The Morgan fingerprint density at radius 2 is 2.00 bits per heavy atom. The van der Waals surface area contributed by atoms with Crippen molar-refractivity contribution in [2.45, 2.75) is 52.3 Å². The van der Waals surface area contributed by atoms with Crippen molar-refractivity contribution in [3.63, 3.8) is 0 Å². The van der Waals surface area contributed by atoms with E-state index in [1.807, 2.05) is 34.7 Å². The summed E-state index contributed by atoms with van der Waals surface area (Å²) in [6.45, 7) is 10.9. The molecule has 5 nitrogen and oxygen atoms in total. The van der Waals surface area contributed by atoms with Crippen LogP contribution in [0.5, 0.6) is 0 Å². The first-order valence-electron chi connectivity index (χ1n) is 6.11. The predicted molar refractivity (Wildman–Crippen MR) is 70.0 cm³/mol. The number of carbonyl (C=O) groups is 1. The second-order valence-electron chi connectivity index (χ2n) is 5.31. The second kappa shape index (κ2) is 6.81. The Morgan fingerprint density at radius 3 is 2.35 bits per heavy atom. The Labute approximate surface area is 105 Å². The van der Waals surface area contributed by atoms with Crippen LogP contribution in [0.25, 0.3) is 0 Å². The highest BCUT2D eigenvalue weighted by molar-refractivity contribution is 5.68. The van der Waals surface area contributed by atoms with Gasteiger partial charge < -0.3 is 20.7 Å². The molecule has 2 unspecified atom stereocenters. The van der Waals surface area contributed by atoms with Crippen LogP contribution in [0.3, 0.4) is 0 Å². The number of hydrogen-bond acceptors (Lipinski definition) is 4. The molecular formula is C12H27N3O2. The first-order chi connectivity index (χ1) is 7.71. The number of likely N-dealkylation sites (N-methyl/N-ethyl adjacent to an activating group) is 1. The summed E-state index contributed by atoms with van der Waals surface area (Å²) in [6, 6.07) is 0.0762. The molecule has 5 heteroatoms. The van der Waals surface area contributed by atoms with Gasteiger partial charge in [-0.05, 0) is 41.3 Å². The van der Waals surface area contributed by atoms with Gasteiger partial charge in [-0.3, -0.25) is 0 Å². The Balaban J connectivity index is 4.31. The Morgan fingerprint density at radius 1 is 1.47 bits per heavy atom. The van der Waals surface area contributed by atoms with Crippen LogP contribution in [-0.4, -0.2) is 48.8 Å². The minimum absolute atomic E-state index is 0.0419. The molecule has 0 saturated heterocycles. The summed E-state index contributed by atoms with van der Waals surface area (Å²) in [4.78, 5) is 13.7. The first kappa shape index (κ1) is 16.2. The molecule has 3 N–H and O–H groups in total. The topological polar surface area (TPSA) is 67.6 Å². The van der Waals surface area contributed by atoms with Crippen LogP contribution >= 0.6 is 0 Å². The predicted octanol–water partition coefficient (Wildman–Crippen LogP) is 1.18. The van der Waals surface area contributed by atoms with Gasteiger partial charge in [0.2, 0.25) is 0 Å². The van der Waals surface area contributed by atoms with Crippen LogP contribution in [0.2, 0.25) is 0 Å². The van der Waals surface area contributed by atoms with Gasteiger partial charge in [-0.15, -0.1) is 0 Å². The van der Waals surface area contributed by atoms with E-state index in [1.165, 1.54) is 0 Å². The molecule has 0 aliphatic rings. The zero-order valence-corrected chi connectivity index (χ0v) is 11.9. The van der Waals surface area contributed by atoms with Gasteiger partial charge in [-0.2, -0.15) is 0 Å². The minimum atomic E-state index is -0.474. The normalized spacial score (nSPS) is 15.5. The standard InChI is InChI=1S/C12H27N3O2/c1-7-15(6)10(8-13)9(2)14-11(16)17-12(3,4)5/h9-10H,7-8,13H2,1-6H3,(H,14,16). The van der Waals surface area contributed by atoms with E-state index < -0.39 is 11.7 Å². The highest BCUT2D eigenvalue weighted by atomic mass is 16.6. The maximum Gasteiger partial charge on any atom is 0.407 e. The number of ether oxygens (including phenoxy) is 1. The molecule has 1 amide bonds. The number of amides is 1. The molecule has 0 aliphatic carbocycles. The summed E-state index contributed by atoms with van der Waals surface area (Å²) in [6.07, 6.45) is -0.395. The lowest BCUT2D eigenvalue weighted by molar-refractivity contribution is 0.0479. The largest absolute Gasteiger partial charge is 0.444 e. The van der Waals surface area contributed by atoms with Crippen LogP contribution < -0.4 is 11.1 Å². The summed E-state index contributed by atoms with van der Waals surface area (Å²) < 4.78 is 5.21. The highest BCUT2D eigenvalue weighted by Gasteiger charge is 2.23. The van der Waals surface area contributed by atoms with Gasteiger partial charge in [-0.25, -0.2) is 4.79 Å². The Bertz CT molecular complexity index is 238. The van der Waals surface area contributed by atoms with E-state index in [4.69, 9.17) is 10.5 Å². The van der Waals surface area contributed by atoms with Crippen molar-refractivity contribution in [3.05, 3.63) is 0 Å². The minimum Gasteiger partial charge on any atom is -0.444 e. The second-order valence-corrected chi connectivity index (χ2v) is 5.31. The fourth-order valence-electron chi connectivity index (χ4n) is 1.59. The molecular weight excluding hydrogens is 218 g/mol. The molecule has 0 spiro atoms. The van der Waals surface area contributed by atoms with E-state index in [2.05, 4.69) is 17.1 Å². The average molecular weight is 245 g/mol. The van der Waals surface area contributed by atoms with Crippen molar-refractivity contribution < 1.29 is 9.53 Å². The number of rotatable bonds is 5. The van der Waals surface area contributed by atoms with Gasteiger partial charge in [0, 0.05) is 18.6 Å². The van der Waals surface area contributed by atoms with Crippen LogP contribution in [-0.2, 0) is 4.74 Å². The molecule has 2 atom stereocenters. The smallest absolute Gasteiger partial charge is 0.407 e. The van der Waals surface area contributed by atoms with Crippen LogP contribution in [0.15, 0.2) is 0 Å². The van der Waals surface area contributed by atoms with Crippen molar-refractivity contribution >= 4 is 6.09 Å². The third-order valence-corrected chi connectivity index (χ3v) is 2.63. The van der Waals surface area contributed by atoms with E-state index in [9.17, 15) is 4.79 Å². The van der Waals surface area contributed by atoms with E-state index in [1.54, 1.807) is 0 Å². The molecule has 17 heavy (non-hydrogen) atoms. The average Bonchev–Trinajstić information content (AvgIpc) is 2.15. The lowest BCUT2D eigenvalue weighted by Crippen LogP contribution is -2.53. The molecule has 102 valence electrons. The van der Waals surface area contributed by atoms with Crippen LogP contribution in [0.4, 0.5) is 4.79 Å². The molecule has 0 heterocycles. The number of nitrogens with two attached hydrogens (primary N) is 1. The number of alkyl carbamates (subject to hydrolysis) is 1. The molecule has 0 aromatic heterocycles. The molecule has 0 bridgehead atoms. The highest BCUT2D eigenvalue weighted by Crippen LogP contribution is 2.08. The zero-order chi connectivity index (χ0) is 13.6. The summed E-state index contributed by atoms with van der Waals surface area (Å²) in [5.74, 6) is 0. The van der Waals surface area contributed by atoms with Crippen LogP contribution in [0.1, 0.15) is 34.6 Å². The van der Waals surface area contributed by atoms with Gasteiger partial charge in [0.1, 0.15) is 5.60 Å². The van der Waals surface area contributed by atoms with Gasteiger partial charge in [0.25, 0.3) is 0 Å². The van der Waals surface area contributed by atoms with Gasteiger partial charge in [0.05, 0.1) is 0 Å². The summed E-state index contributed by atoms with van der Waals surface area (Å²) in [7, 11) is 1.99. The quantitative estimate of drug-likeness (QED) is 0.763. The SMILES string of the molecule is CCN(C)C(CN)C(C)NC(=O)OC(C)(C)C. The van der Waals surface area contributed by atoms with Crippen molar-refractivity contribution in [3.8, 4) is 0 Å².